The van der Waals surface area contributed by atoms with Crippen molar-refractivity contribution < 1.29 is 12.8 Å². The predicted molar refractivity (Wildman–Crippen MR) is 111 cm³/mol. The Bertz CT molecular complexity index is 851. The van der Waals surface area contributed by atoms with Crippen LogP contribution in [-0.4, -0.2) is 50.6 Å². The van der Waals surface area contributed by atoms with Gasteiger partial charge in [0.25, 0.3) is 0 Å². The van der Waals surface area contributed by atoms with Crippen LogP contribution in [0.5, 0.6) is 0 Å². The van der Waals surface area contributed by atoms with Gasteiger partial charge in [0.2, 0.25) is 10.0 Å². The van der Waals surface area contributed by atoms with E-state index in [0.29, 0.717) is 32.1 Å². The van der Waals surface area contributed by atoms with E-state index in [0.717, 1.165) is 30.6 Å². The van der Waals surface area contributed by atoms with Gasteiger partial charge in [-0.25, -0.2) is 13.4 Å². The molecule has 3 rings (SSSR count). The molecule has 0 amide bonds. The van der Waals surface area contributed by atoms with Crippen LogP contribution in [0.2, 0.25) is 0 Å². The Labute approximate surface area is 166 Å². The summed E-state index contributed by atoms with van der Waals surface area (Å²) in [6.45, 7) is 2.36. The van der Waals surface area contributed by atoms with Crippen molar-refractivity contribution in [1.82, 2.24) is 14.9 Å². The number of rotatable bonds is 8. The summed E-state index contributed by atoms with van der Waals surface area (Å²) in [5.74, 6) is 1.59. The summed E-state index contributed by atoms with van der Waals surface area (Å²) < 4.78 is 30.8. The maximum Gasteiger partial charge on any atom is 0.211 e. The first-order valence-electron chi connectivity index (χ1n) is 9.57. The monoisotopic (exact) mass is 404 g/mol. The Morgan fingerprint density at radius 3 is 2.75 bits per heavy atom. The molecule has 0 bridgehead atoms. The normalized spacial score (nSPS) is 18.3. The van der Waals surface area contributed by atoms with E-state index in [1.807, 2.05) is 42.5 Å². The van der Waals surface area contributed by atoms with Gasteiger partial charge in [-0.05, 0) is 30.5 Å². The molecule has 1 aromatic carbocycles. The summed E-state index contributed by atoms with van der Waals surface area (Å²) in [6.07, 6.45) is 5.44. The Kier molecular flexibility index (Phi) is 7.11. The van der Waals surface area contributed by atoms with E-state index in [2.05, 4.69) is 15.6 Å². The van der Waals surface area contributed by atoms with E-state index in [1.165, 1.54) is 6.26 Å². The van der Waals surface area contributed by atoms with Crippen molar-refractivity contribution in [2.45, 2.75) is 31.8 Å². The van der Waals surface area contributed by atoms with Crippen LogP contribution in [0.3, 0.4) is 0 Å². The molecule has 0 radical (unpaired) electrons. The predicted octanol–water partition coefficient (Wildman–Crippen LogP) is 1.98. The van der Waals surface area contributed by atoms with E-state index in [9.17, 15) is 8.42 Å². The number of sulfonamides is 1. The summed E-state index contributed by atoms with van der Waals surface area (Å²) in [5, 5.41) is 6.63. The fourth-order valence-corrected chi connectivity index (χ4v) is 4.53. The summed E-state index contributed by atoms with van der Waals surface area (Å²) in [4.78, 5) is 4.66. The third-order valence-electron chi connectivity index (χ3n) is 4.76. The number of nitrogens with one attached hydrogen (secondary N) is 2. The smallest absolute Gasteiger partial charge is 0.211 e. The summed E-state index contributed by atoms with van der Waals surface area (Å²) in [7, 11) is -3.18. The highest BCUT2D eigenvalue weighted by molar-refractivity contribution is 7.88. The van der Waals surface area contributed by atoms with E-state index < -0.39 is 10.0 Å². The summed E-state index contributed by atoms with van der Waals surface area (Å²) >= 11 is 0. The average Bonchev–Trinajstić information content (AvgIpc) is 3.35. The molecule has 0 saturated carbocycles. The van der Waals surface area contributed by atoms with Gasteiger partial charge >= 0.3 is 0 Å². The Morgan fingerprint density at radius 1 is 1.21 bits per heavy atom. The minimum Gasteiger partial charge on any atom is -0.469 e. The van der Waals surface area contributed by atoms with Crippen molar-refractivity contribution >= 4 is 16.0 Å². The molecule has 2 N–H and O–H groups in total. The second kappa shape index (κ2) is 9.75. The molecule has 28 heavy (non-hydrogen) atoms. The Morgan fingerprint density at radius 2 is 2.04 bits per heavy atom. The lowest BCUT2D eigenvalue weighted by Crippen LogP contribution is -2.46. The second-order valence-electron chi connectivity index (χ2n) is 6.96. The largest absolute Gasteiger partial charge is 0.469 e. The molecule has 7 nitrogen and oxygen atoms in total. The lowest BCUT2D eigenvalue weighted by molar-refractivity contribution is 0.387. The molecular formula is C20H28N4O3S. The molecular weight excluding hydrogens is 376 g/mol. The number of benzene rings is 1. The highest BCUT2D eigenvalue weighted by Crippen LogP contribution is 2.19. The summed E-state index contributed by atoms with van der Waals surface area (Å²) in [6, 6.07) is 13.8. The lowest BCUT2D eigenvalue weighted by Gasteiger charge is -2.23. The zero-order valence-electron chi connectivity index (χ0n) is 16.2. The molecule has 0 spiro atoms. The first-order valence-corrected chi connectivity index (χ1v) is 11.4. The van der Waals surface area contributed by atoms with Crippen LogP contribution < -0.4 is 10.6 Å². The van der Waals surface area contributed by atoms with Crippen molar-refractivity contribution in [3.05, 3.63) is 60.1 Å². The minimum absolute atomic E-state index is 0.0381. The van der Waals surface area contributed by atoms with Crippen LogP contribution in [0, 0.1) is 0 Å². The van der Waals surface area contributed by atoms with Gasteiger partial charge in [0.05, 0.1) is 19.1 Å². The highest BCUT2D eigenvalue weighted by atomic mass is 32.2. The zero-order valence-corrected chi connectivity index (χ0v) is 17.0. The molecule has 152 valence electrons. The van der Waals surface area contributed by atoms with Crippen molar-refractivity contribution in [1.29, 1.82) is 0 Å². The van der Waals surface area contributed by atoms with Gasteiger partial charge in [-0.15, -0.1) is 0 Å². The third kappa shape index (κ3) is 6.10. The van der Waals surface area contributed by atoms with Crippen LogP contribution in [0.15, 0.2) is 58.1 Å². The molecule has 1 aromatic heterocycles. The minimum atomic E-state index is -3.18. The van der Waals surface area contributed by atoms with Crippen molar-refractivity contribution in [2.24, 2.45) is 4.99 Å². The fraction of sp³-hybridized carbons (Fsp3) is 0.450. The van der Waals surface area contributed by atoms with E-state index in [4.69, 9.17) is 4.42 Å². The first-order chi connectivity index (χ1) is 13.5. The van der Waals surface area contributed by atoms with E-state index in [1.54, 1.807) is 10.6 Å². The molecule has 2 aromatic rings. The number of guanidine groups is 1. The first kappa shape index (κ1) is 20.4. The maximum absolute atomic E-state index is 11.9. The van der Waals surface area contributed by atoms with Gasteiger partial charge in [0, 0.05) is 32.1 Å². The number of furan rings is 1. The molecule has 1 saturated heterocycles. The van der Waals surface area contributed by atoms with Crippen LogP contribution in [-0.2, 0) is 23.0 Å². The Balaban J connectivity index is 1.59. The molecule has 1 aliphatic heterocycles. The van der Waals surface area contributed by atoms with E-state index >= 15 is 0 Å². The molecule has 1 atom stereocenters. The van der Waals surface area contributed by atoms with Gasteiger partial charge in [-0.1, -0.05) is 30.3 Å². The number of nitrogens with zero attached hydrogens (tertiary/aromatic N) is 2. The van der Waals surface area contributed by atoms with Crippen LogP contribution in [0.1, 0.15) is 24.2 Å². The molecule has 1 fully saturated rings. The van der Waals surface area contributed by atoms with Gasteiger partial charge in [0.1, 0.15) is 5.76 Å². The van der Waals surface area contributed by atoms with Crippen LogP contribution in [0.25, 0.3) is 0 Å². The number of aliphatic imine (C=N–C) groups is 1. The van der Waals surface area contributed by atoms with Crippen molar-refractivity contribution in [3.8, 4) is 0 Å². The zero-order chi connectivity index (χ0) is 19.8. The molecule has 1 aliphatic rings. The molecule has 0 aliphatic carbocycles. The molecule has 2 heterocycles. The number of hydrogen-bond acceptors (Lipinski definition) is 4. The maximum atomic E-state index is 11.9. The highest BCUT2D eigenvalue weighted by Gasteiger charge is 2.31. The van der Waals surface area contributed by atoms with Crippen molar-refractivity contribution in [2.75, 3.05) is 25.9 Å². The Hall–Kier alpha value is -2.32. The quantitative estimate of drug-likeness (QED) is 0.519. The van der Waals surface area contributed by atoms with Gasteiger partial charge < -0.3 is 15.1 Å². The van der Waals surface area contributed by atoms with Crippen molar-refractivity contribution in [3.63, 3.8) is 0 Å². The average molecular weight is 405 g/mol. The van der Waals surface area contributed by atoms with Gasteiger partial charge in [-0.2, -0.15) is 4.31 Å². The number of hydrogen-bond donors (Lipinski definition) is 2. The molecule has 8 heteroatoms. The van der Waals surface area contributed by atoms with Gasteiger partial charge in [0.15, 0.2) is 5.96 Å². The van der Waals surface area contributed by atoms with Crippen LogP contribution >= 0.6 is 0 Å². The fourth-order valence-electron chi connectivity index (χ4n) is 3.35. The second-order valence-corrected chi connectivity index (χ2v) is 8.89. The third-order valence-corrected chi connectivity index (χ3v) is 6.09. The SMILES string of the molecule is CS(=O)(=O)N1CCC[C@@H]1CNC(=NCc1ccccc1)NCCc1ccco1. The molecule has 0 unspecified atom stereocenters. The summed E-state index contributed by atoms with van der Waals surface area (Å²) in [5.41, 5.74) is 1.12. The standard InChI is InChI=1S/C20H28N4O3S/c1-28(25,26)24-13-5-9-18(24)16-23-20(21-12-11-19-10-6-14-27-19)22-15-17-7-3-2-4-8-17/h2-4,6-8,10,14,18H,5,9,11-13,15-16H2,1H3,(H2,21,22,23)/t18-/m1/s1. The topological polar surface area (TPSA) is 86.9 Å². The van der Waals surface area contributed by atoms with Crippen LogP contribution in [0.4, 0.5) is 0 Å². The van der Waals surface area contributed by atoms with E-state index in [-0.39, 0.29) is 6.04 Å². The lowest BCUT2D eigenvalue weighted by atomic mass is 10.2. The van der Waals surface area contributed by atoms with Gasteiger partial charge in [-0.3, -0.25) is 0 Å².